The largest absolute Gasteiger partial charge is 0.444 e. The molecule has 1 aliphatic heterocycles. The van der Waals surface area contributed by atoms with Crippen LogP contribution in [0.25, 0.3) is 0 Å². The molecule has 2 rings (SSSR count). The Morgan fingerprint density at radius 3 is 2.39 bits per heavy atom. The summed E-state index contributed by atoms with van der Waals surface area (Å²) in [4.78, 5) is 32.7. The quantitative estimate of drug-likeness (QED) is 0.534. The third-order valence-corrected chi connectivity index (χ3v) is 5.12. The zero-order chi connectivity index (χ0) is 23.0. The van der Waals surface area contributed by atoms with E-state index in [1.165, 1.54) is 0 Å². The first kappa shape index (κ1) is 24.5. The third kappa shape index (κ3) is 7.45. The van der Waals surface area contributed by atoms with Crippen molar-refractivity contribution in [3.63, 3.8) is 0 Å². The van der Waals surface area contributed by atoms with E-state index in [1.54, 1.807) is 7.05 Å². The highest BCUT2D eigenvalue weighted by Gasteiger charge is 2.27. The minimum absolute atomic E-state index is 0.0266. The van der Waals surface area contributed by atoms with Crippen molar-refractivity contribution in [2.24, 2.45) is 4.99 Å². The predicted octanol–water partition coefficient (Wildman–Crippen LogP) is 2.84. The smallest absolute Gasteiger partial charge is 0.407 e. The first-order valence-electron chi connectivity index (χ1n) is 11.0. The van der Waals surface area contributed by atoms with E-state index >= 15 is 0 Å². The summed E-state index contributed by atoms with van der Waals surface area (Å²) in [6.45, 7) is 13.0. The van der Waals surface area contributed by atoms with Gasteiger partial charge in [0.05, 0.1) is 6.04 Å². The van der Waals surface area contributed by atoms with Crippen LogP contribution in [0.4, 0.5) is 4.79 Å². The number of rotatable bonds is 6. The van der Waals surface area contributed by atoms with Gasteiger partial charge in [-0.2, -0.15) is 0 Å². The van der Waals surface area contributed by atoms with Gasteiger partial charge in [-0.1, -0.05) is 12.1 Å². The van der Waals surface area contributed by atoms with Crippen LogP contribution in [-0.2, 0) is 11.3 Å². The van der Waals surface area contributed by atoms with Gasteiger partial charge in [0.25, 0.3) is 5.91 Å². The van der Waals surface area contributed by atoms with Gasteiger partial charge >= 0.3 is 6.09 Å². The Bertz CT molecular complexity index is 766. The van der Waals surface area contributed by atoms with Crippen LogP contribution in [0.3, 0.4) is 0 Å². The zero-order valence-corrected chi connectivity index (χ0v) is 19.7. The van der Waals surface area contributed by atoms with Crippen molar-refractivity contribution < 1.29 is 14.3 Å². The number of hydrogen-bond acceptors (Lipinski definition) is 4. The predicted molar refractivity (Wildman–Crippen MR) is 123 cm³/mol. The van der Waals surface area contributed by atoms with Crippen LogP contribution >= 0.6 is 0 Å². The first-order chi connectivity index (χ1) is 14.7. The van der Waals surface area contributed by atoms with E-state index in [2.05, 4.69) is 20.5 Å². The fourth-order valence-corrected chi connectivity index (χ4v) is 3.52. The van der Waals surface area contributed by atoms with Crippen LogP contribution in [0.15, 0.2) is 29.3 Å². The number of hydrogen-bond donors (Lipinski definition) is 2. The summed E-state index contributed by atoms with van der Waals surface area (Å²) in [7, 11) is 1.75. The number of benzene rings is 1. The molecular formula is C23H37N5O3. The second kappa shape index (κ2) is 11.0. The number of aliphatic imine (C=N–C) groups is 1. The van der Waals surface area contributed by atoms with Gasteiger partial charge in [0.15, 0.2) is 5.96 Å². The van der Waals surface area contributed by atoms with Crippen LogP contribution in [0, 0.1) is 0 Å². The molecule has 31 heavy (non-hydrogen) atoms. The highest BCUT2D eigenvalue weighted by atomic mass is 16.6. The monoisotopic (exact) mass is 431 g/mol. The lowest BCUT2D eigenvalue weighted by atomic mass is 10.1. The molecule has 1 unspecified atom stereocenters. The molecule has 1 atom stereocenters. The molecule has 0 radical (unpaired) electrons. The van der Waals surface area contributed by atoms with Crippen LogP contribution < -0.4 is 10.6 Å². The molecule has 0 aliphatic carbocycles. The lowest BCUT2D eigenvalue weighted by Crippen LogP contribution is -2.44. The maximum Gasteiger partial charge on any atom is 0.407 e. The number of carbonyl (C=O) groups excluding carboxylic acids is 2. The molecule has 1 aliphatic rings. The van der Waals surface area contributed by atoms with Crippen LogP contribution in [0.1, 0.15) is 57.0 Å². The van der Waals surface area contributed by atoms with Gasteiger partial charge in [0.1, 0.15) is 5.60 Å². The Morgan fingerprint density at radius 2 is 1.84 bits per heavy atom. The molecule has 1 aromatic rings. The SMILES string of the molecule is CCN(CC)C(=O)c1ccc(CNC(=NC)N2CCC(NC(=O)OC(C)(C)C)C2)cc1. The molecule has 8 nitrogen and oxygen atoms in total. The molecule has 0 spiro atoms. The maximum absolute atomic E-state index is 12.4. The van der Waals surface area contributed by atoms with Crippen LogP contribution in [-0.4, -0.2) is 72.6 Å². The number of guanidine groups is 1. The van der Waals surface area contributed by atoms with Crippen molar-refractivity contribution in [3.8, 4) is 0 Å². The molecule has 1 saturated heterocycles. The van der Waals surface area contributed by atoms with E-state index in [0.29, 0.717) is 31.7 Å². The fraction of sp³-hybridized carbons (Fsp3) is 0.609. The number of alkyl carbamates (subject to hydrolysis) is 1. The van der Waals surface area contributed by atoms with Gasteiger partial charge in [-0.05, 0) is 58.7 Å². The molecule has 8 heteroatoms. The Hall–Kier alpha value is -2.77. The normalized spacial score (nSPS) is 16.8. The lowest BCUT2D eigenvalue weighted by Gasteiger charge is -2.23. The van der Waals surface area contributed by atoms with Crippen LogP contribution in [0.5, 0.6) is 0 Å². The molecule has 0 saturated carbocycles. The highest BCUT2D eigenvalue weighted by Crippen LogP contribution is 2.13. The summed E-state index contributed by atoms with van der Waals surface area (Å²) in [6.07, 6.45) is 0.448. The molecule has 0 bridgehead atoms. The van der Waals surface area contributed by atoms with E-state index in [-0.39, 0.29) is 18.0 Å². The van der Waals surface area contributed by atoms with Crippen molar-refractivity contribution in [1.29, 1.82) is 0 Å². The van der Waals surface area contributed by atoms with Crippen molar-refractivity contribution in [3.05, 3.63) is 35.4 Å². The van der Waals surface area contributed by atoms with E-state index in [9.17, 15) is 9.59 Å². The van der Waals surface area contributed by atoms with Gasteiger partial charge < -0.3 is 25.2 Å². The molecule has 0 aromatic heterocycles. The van der Waals surface area contributed by atoms with Crippen molar-refractivity contribution >= 4 is 18.0 Å². The summed E-state index contributed by atoms with van der Waals surface area (Å²) in [6, 6.07) is 7.70. The first-order valence-corrected chi connectivity index (χ1v) is 11.0. The number of nitrogens with zero attached hydrogens (tertiary/aromatic N) is 3. The van der Waals surface area contributed by atoms with Gasteiger partial charge in [0.2, 0.25) is 0 Å². The van der Waals surface area contributed by atoms with Gasteiger partial charge in [0, 0.05) is 45.3 Å². The fourth-order valence-electron chi connectivity index (χ4n) is 3.52. The highest BCUT2D eigenvalue weighted by molar-refractivity contribution is 5.94. The van der Waals surface area contributed by atoms with Gasteiger partial charge in [-0.25, -0.2) is 4.79 Å². The van der Waals surface area contributed by atoms with Crippen LogP contribution in [0.2, 0.25) is 0 Å². The van der Waals surface area contributed by atoms with E-state index in [0.717, 1.165) is 24.5 Å². The Kier molecular flexibility index (Phi) is 8.71. The molecule has 2 amide bonds. The molecule has 2 N–H and O–H groups in total. The van der Waals surface area contributed by atoms with E-state index in [4.69, 9.17) is 4.74 Å². The van der Waals surface area contributed by atoms with Crippen molar-refractivity contribution in [2.45, 2.75) is 59.2 Å². The second-order valence-corrected chi connectivity index (χ2v) is 8.65. The molecule has 1 heterocycles. The van der Waals surface area contributed by atoms with Gasteiger partial charge in [-0.15, -0.1) is 0 Å². The molecular weight excluding hydrogens is 394 g/mol. The summed E-state index contributed by atoms with van der Waals surface area (Å²) >= 11 is 0. The maximum atomic E-state index is 12.4. The Balaban J connectivity index is 1.86. The van der Waals surface area contributed by atoms with Gasteiger partial charge in [-0.3, -0.25) is 9.79 Å². The lowest BCUT2D eigenvalue weighted by molar-refractivity contribution is 0.0507. The number of carbonyl (C=O) groups is 2. The summed E-state index contributed by atoms with van der Waals surface area (Å²) in [5.41, 5.74) is 1.26. The number of amides is 2. The number of likely N-dealkylation sites (tertiary alicyclic amines) is 1. The number of nitrogens with one attached hydrogen (secondary N) is 2. The third-order valence-electron chi connectivity index (χ3n) is 5.12. The van der Waals surface area contributed by atoms with E-state index < -0.39 is 5.60 Å². The molecule has 1 aromatic carbocycles. The summed E-state index contributed by atoms with van der Waals surface area (Å²) in [5.74, 6) is 0.845. The van der Waals surface area contributed by atoms with E-state index in [1.807, 2.05) is 63.8 Å². The average Bonchev–Trinajstić information content (AvgIpc) is 3.16. The van der Waals surface area contributed by atoms with Crippen molar-refractivity contribution in [1.82, 2.24) is 20.4 Å². The minimum atomic E-state index is -0.508. The molecule has 172 valence electrons. The summed E-state index contributed by atoms with van der Waals surface area (Å²) < 4.78 is 5.34. The summed E-state index contributed by atoms with van der Waals surface area (Å²) in [5, 5.41) is 6.30. The Morgan fingerprint density at radius 1 is 1.19 bits per heavy atom. The Labute approximate surface area is 186 Å². The average molecular weight is 432 g/mol. The van der Waals surface area contributed by atoms with Crippen molar-refractivity contribution in [2.75, 3.05) is 33.2 Å². The topological polar surface area (TPSA) is 86.3 Å². The zero-order valence-electron chi connectivity index (χ0n) is 19.7. The standard InChI is InChI=1S/C23H37N5O3/c1-7-27(8-2)20(29)18-11-9-17(10-12-18)15-25-21(24-6)28-14-13-19(16-28)26-22(30)31-23(3,4)5/h9-12,19H,7-8,13-16H2,1-6H3,(H,24,25)(H,26,30). The molecule has 1 fully saturated rings. The number of ether oxygens (including phenoxy) is 1. The second-order valence-electron chi connectivity index (χ2n) is 8.65. The minimum Gasteiger partial charge on any atom is -0.444 e.